The molecule has 3 aromatic rings. The Hall–Kier alpha value is -4.73. The first-order valence-electron chi connectivity index (χ1n) is 10.9. The second-order valence-corrected chi connectivity index (χ2v) is 7.90. The minimum Gasteiger partial charge on any atom is -0.475 e. The van der Waals surface area contributed by atoms with Crippen LogP contribution in [0.2, 0.25) is 0 Å². The number of hydrogen-bond donors (Lipinski definition) is 2. The van der Waals surface area contributed by atoms with Crippen molar-refractivity contribution in [3.8, 4) is 6.07 Å². The molecule has 37 heavy (non-hydrogen) atoms. The molecule has 3 heterocycles. The second-order valence-electron chi connectivity index (χ2n) is 7.90. The maximum absolute atomic E-state index is 13.0. The van der Waals surface area contributed by atoms with Gasteiger partial charge in [0.1, 0.15) is 0 Å². The van der Waals surface area contributed by atoms with Crippen molar-refractivity contribution in [3.05, 3.63) is 83.4 Å². The molecule has 2 amide bonds. The van der Waals surface area contributed by atoms with Crippen LogP contribution in [0, 0.1) is 11.3 Å². The quantitative estimate of drug-likeness (QED) is 0.533. The van der Waals surface area contributed by atoms with E-state index >= 15 is 0 Å². The SMILES string of the molecule is N#Cc1cccc(C(=O)N2Cc3ccnn3C(CC(=O)NCc3ccccn3)C2)c1.O=C(O)C(F)(F)F. The Labute approximate surface area is 208 Å². The third-order valence-electron chi connectivity index (χ3n) is 5.26. The van der Waals surface area contributed by atoms with Gasteiger partial charge in [-0.25, -0.2) is 4.79 Å². The van der Waals surface area contributed by atoms with Crippen LogP contribution >= 0.6 is 0 Å². The standard InChI is InChI=1S/C22H20N6O2.C2HF3O2/c23-12-16-4-3-5-17(10-16)22(30)27-14-19-7-9-26-28(19)20(15-27)11-21(29)25-13-18-6-1-2-8-24-18;3-2(4,5)1(6)7/h1-10,20H,11,13-15H2,(H,25,29);(H,6,7). The molecule has 0 spiro atoms. The summed E-state index contributed by atoms with van der Waals surface area (Å²) in [6, 6.07) is 15.8. The van der Waals surface area contributed by atoms with Crippen molar-refractivity contribution in [1.82, 2.24) is 25.0 Å². The molecule has 1 aliphatic rings. The Morgan fingerprint density at radius 3 is 2.54 bits per heavy atom. The largest absolute Gasteiger partial charge is 0.490 e. The van der Waals surface area contributed by atoms with Gasteiger partial charge in [-0.15, -0.1) is 0 Å². The number of carboxylic acids is 1. The van der Waals surface area contributed by atoms with Gasteiger partial charge in [0.25, 0.3) is 5.91 Å². The number of halogens is 3. The van der Waals surface area contributed by atoms with Crippen LogP contribution in [0.15, 0.2) is 60.9 Å². The van der Waals surface area contributed by atoms with Gasteiger partial charge in [-0.05, 0) is 36.4 Å². The van der Waals surface area contributed by atoms with E-state index in [1.54, 1.807) is 41.6 Å². The summed E-state index contributed by atoms with van der Waals surface area (Å²) in [5, 5.41) is 23.4. The summed E-state index contributed by atoms with van der Waals surface area (Å²) in [7, 11) is 0. The number of hydrogen-bond acceptors (Lipinski definition) is 6. The van der Waals surface area contributed by atoms with E-state index in [0.717, 1.165) is 11.4 Å². The third-order valence-corrected chi connectivity index (χ3v) is 5.26. The lowest BCUT2D eigenvalue weighted by Gasteiger charge is -2.33. The maximum atomic E-state index is 13.0. The van der Waals surface area contributed by atoms with Crippen molar-refractivity contribution in [1.29, 1.82) is 5.26 Å². The van der Waals surface area contributed by atoms with Gasteiger partial charge in [-0.2, -0.15) is 23.5 Å². The van der Waals surface area contributed by atoms with Gasteiger partial charge in [-0.1, -0.05) is 12.1 Å². The number of amides is 2. The first kappa shape index (κ1) is 26.9. The lowest BCUT2D eigenvalue weighted by atomic mass is 10.1. The molecule has 192 valence electrons. The van der Waals surface area contributed by atoms with E-state index in [-0.39, 0.29) is 24.3 Å². The van der Waals surface area contributed by atoms with Gasteiger partial charge in [0, 0.05) is 24.5 Å². The van der Waals surface area contributed by atoms with Crippen molar-refractivity contribution in [2.75, 3.05) is 6.54 Å². The Balaban J connectivity index is 0.000000479. The molecule has 0 radical (unpaired) electrons. The van der Waals surface area contributed by atoms with Crippen LogP contribution in [0.4, 0.5) is 13.2 Å². The molecule has 0 bridgehead atoms. The molecule has 1 aliphatic heterocycles. The van der Waals surface area contributed by atoms with Crippen LogP contribution in [0.5, 0.6) is 0 Å². The highest BCUT2D eigenvalue weighted by molar-refractivity contribution is 5.94. The smallest absolute Gasteiger partial charge is 0.475 e. The molecule has 1 unspecified atom stereocenters. The van der Waals surface area contributed by atoms with E-state index in [1.807, 2.05) is 28.9 Å². The number of carbonyl (C=O) groups excluding carboxylic acids is 2. The van der Waals surface area contributed by atoms with Gasteiger partial charge in [0.05, 0.1) is 48.6 Å². The van der Waals surface area contributed by atoms with E-state index in [2.05, 4.69) is 21.5 Å². The molecule has 4 rings (SSSR count). The Morgan fingerprint density at radius 2 is 1.89 bits per heavy atom. The van der Waals surface area contributed by atoms with E-state index in [0.29, 0.717) is 30.8 Å². The number of carboxylic acid groups (broad SMARTS) is 1. The third kappa shape index (κ3) is 7.38. The van der Waals surface area contributed by atoms with E-state index < -0.39 is 12.1 Å². The molecule has 10 nitrogen and oxygen atoms in total. The number of pyridine rings is 1. The Kier molecular flexibility index (Phi) is 8.57. The van der Waals surface area contributed by atoms with Crippen molar-refractivity contribution in [2.24, 2.45) is 0 Å². The summed E-state index contributed by atoms with van der Waals surface area (Å²) in [5.74, 6) is -3.06. The molecule has 0 saturated heterocycles. The van der Waals surface area contributed by atoms with Crippen molar-refractivity contribution in [2.45, 2.75) is 31.7 Å². The van der Waals surface area contributed by atoms with Gasteiger partial charge in [-0.3, -0.25) is 19.3 Å². The number of nitriles is 1. The molecule has 13 heteroatoms. The molecule has 1 atom stereocenters. The fourth-order valence-electron chi connectivity index (χ4n) is 3.58. The molecular formula is C24H21F3N6O4. The highest BCUT2D eigenvalue weighted by Gasteiger charge is 2.38. The normalized spacial score (nSPS) is 14.4. The zero-order valence-corrected chi connectivity index (χ0v) is 19.2. The Bertz CT molecular complexity index is 1300. The number of carbonyl (C=O) groups is 3. The van der Waals surface area contributed by atoms with Gasteiger partial charge >= 0.3 is 12.1 Å². The fraction of sp³-hybridized carbons (Fsp3) is 0.250. The number of nitrogens with one attached hydrogen (secondary N) is 1. The van der Waals surface area contributed by atoms with E-state index in [1.165, 1.54) is 0 Å². The van der Waals surface area contributed by atoms with E-state index in [4.69, 9.17) is 15.2 Å². The second kappa shape index (κ2) is 11.8. The van der Waals surface area contributed by atoms with Crippen molar-refractivity contribution in [3.63, 3.8) is 0 Å². The molecule has 2 N–H and O–H groups in total. The lowest BCUT2D eigenvalue weighted by molar-refractivity contribution is -0.192. The zero-order valence-electron chi connectivity index (χ0n) is 19.2. The molecule has 2 aromatic heterocycles. The summed E-state index contributed by atoms with van der Waals surface area (Å²) in [6.07, 6.45) is -1.52. The summed E-state index contributed by atoms with van der Waals surface area (Å²) >= 11 is 0. The Morgan fingerprint density at radius 1 is 1.14 bits per heavy atom. The van der Waals surface area contributed by atoms with Crippen molar-refractivity contribution < 1.29 is 32.7 Å². The number of nitrogens with zero attached hydrogens (tertiary/aromatic N) is 5. The number of rotatable bonds is 5. The molecular weight excluding hydrogens is 493 g/mol. The van der Waals surface area contributed by atoms with Crippen molar-refractivity contribution >= 4 is 17.8 Å². The van der Waals surface area contributed by atoms with Crippen LogP contribution in [-0.2, 0) is 22.7 Å². The number of fused-ring (bicyclic) bond motifs is 1. The first-order valence-corrected chi connectivity index (χ1v) is 10.9. The van der Waals surface area contributed by atoms with Gasteiger partial charge < -0.3 is 15.3 Å². The molecule has 1 aromatic carbocycles. The van der Waals surface area contributed by atoms with Crippen LogP contribution in [0.1, 0.15) is 39.8 Å². The average molecular weight is 514 g/mol. The summed E-state index contributed by atoms with van der Waals surface area (Å²) < 4.78 is 33.6. The minimum atomic E-state index is -5.08. The minimum absolute atomic E-state index is 0.132. The number of benzene rings is 1. The summed E-state index contributed by atoms with van der Waals surface area (Å²) in [5.41, 5.74) is 2.55. The number of alkyl halides is 3. The fourth-order valence-corrected chi connectivity index (χ4v) is 3.58. The highest BCUT2D eigenvalue weighted by atomic mass is 19.4. The first-order chi connectivity index (χ1) is 17.6. The molecule has 0 fully saturated rings. The zero-order chi connectivity index (χ0) is 27.0. The predicted octanol–water partition coefficient (Wildman–Crippen LogP) is 2.69. The van der Waals surface area contributed by atoms with Gasteiger partial charge in [0.15, 0.2) is 0 Å². The maximum Gasteiger partial charge on any atom is 0.490 e. The van der Waals surface area contributed by atoms with Crippen LogP contribution in [0.25, 0.3) is 0 Å². The van der Waals surface area contributed by atoms with Crippen LogP contribution in [0.3, 0.4) is 0 Å². The van der Waals surface area contributed by atoms with Crippen LogP contribution < -0.4 is 5.32 Å². The monoisotopic (exact) mass is 514 g/mol. The summed E-state index contributed by atoms with van der Waals surface area (Å²) in [6.45, 7) is 1.12. The van der Waals surface area contributed by atoms with E-state index in [9.17, 15) is 22.8 Å². The van der Waals surface area contributed by atoms with Gasteiger partial charge in [0.2, 0.25) is 5.91 Å². The summed E-state index contributed by atoms with van der Waals surface area (Å²) in [4.78, 5) is 40.3. The topological polar surface area (TPSA) is 141 Å². The average Bonchev–Trinajstić information content (AvgIpc) is 3.37. The molecule has 0 aliphatic carbocycles. The number of aliphatic carboxylic acids is 1. The predicted molar refractivity (Wildman–Crippen MR) is 122 cm³/mol. The highest BCUT2D eigenvalue weighted by Crippen LogP contribution is 2.24. The van der Waals surface area contributed by atoms with Crippen LogP contribution in [-0.4, -0.2) is 55.3 Å². The number of aromatic nitrogens is 3. The molecule has 0 saturated carbocycles. The lowest BCUT2D eigenvalue weighted by Crippen LogP contribution is -2.43.